The highest BCUT2D eigenvalue weighted by Gasteiger charge is 2.14. The van der Waals surface area contributed by atoms with E-state index in [0.717, 1.165) is 12.8 Å². The van der Waals surface area contributed by atoms with Gasteiger partial charge in [-0.1, -0.05) is 25.7 Å². The molecule has 2 rings (SSSR count). The standard InChI is InChI=1S/C15H22FN3O/c1-20-14-9-8-11(10-13(14)16)15(19-17)18-12-6-4-2-3-5-7-12/h8-10,12H,2-7,17H2,1H3,(H,18,19). The zero-order valence-electron chi connectivity index (χ0n) is 11.9. The number of nitrogens with two attached hydrogens (primary N) is 1. The SMILES string of the molecule is COc1ccc(C(=NC2CCCCCC2)NN)cc1F. The third kappa shape index (κ3) is 3.70. The van der Waals surface area contributed by atoms with Crippen LogP contribution in [0.1, 0.15) is 44.1 Å². The summed E-state index contributed by atoms with van der Waals surface area (Å²) in [4.78, 5) is 4.65. The summed E-state index contributed by atoms with van der Waals surface area (Å²) in [5.74, 6) is 5.90. The van der Waals surface area contributed by atoms with E-state index in [2.05, 4.69) is 10.4 Å². The van der Waals surface area contributed by atoms with Gasteiger partial charge >= 0.3 is 0 Å². The van der Waals surface area contributed by atoms with Gasteiger partial charge in [0.1, 0.15) is 5.84 Å². The average Bonchev–Trinajstić information content (AvgIpc) is 2.73. The molecule has 1 aromatic rings. The maximum absolute atomic E-state index is 13.7. The molecule has 1 aromatic carbocycles. The third-order valence-corrected chi connectivity index (χ3v) is 3.70. The topological polar surface area (TPSA) is 59.6 Å². The van der Waals surface area contributed by atoms with Gasteiger partial charge in [0, 0.05) is 5.56 Å². The lowest BCUT2D eigenvalue weighted by Crippen LogP contribution is -2.32. The smallest absolute Gasteiger partial charge is 0.165 e. The Balaban J connectivity index is 2.19. The quantitative estimate of drug-likeness (QED) is 0.294. The van der Waals surface area contributed by atoms with Gasteiger partial charge < -0.3 is 10.2 Å². The van der Waals surface area contributed by atoms with Gasteiger partial charge in [0.2, 0.25) is 0 Å². The molecule has 3 N–H and O–H groups in total. The number of aliphatic imine (C=N–C) groups is 1. The fourth-order valence-electron chi connectivity index (χ4n) is 2.58. The Morgan fingerprint density at radius 3 is 2.55 bits per heavy atom. The van der Waals surface area contributed by atoms with Crippen LogP contribution in [0.25, 0.3) is 0 Å². The summed E-state index contributed by atoms with van der Waals surface area (Å²) >= 11 is 0. The molecule has 0 bridgehead atoms. The second-order valence-corrected chi connectivity index (χ2v) is 5.12. The molecule has 110 valence electrons. The van der Waals surface area contributed by atoms with Crippen LogP contribution in [0, 0.1) is 5.82 Å². The lowest BCUT2D eigenvalue weighted by Gasteiger charge is -2.13. The van der Waals surface area contributed by atoms with Crippen molar-refractivity contribution in [1.82, 2.24) is 5.43 Å². The first-order valence-corrected chi connectivity index (χ1v) is 7.13. The summed E-state index contributed by atoms with van der Waals surface area (Å²) in [7, 11) is 1.44. The molecule has 0 spiro atoms. The molecule has 20 heavy (non-hydrogen) atoms. The molecule has 1 aliphatic rings. The number of methoxy groups -OCH3 is 1. The molecule has 0 aliphatic heterocycles. The molecule has 1 aliphatic carbocycles. The first-order chi connectivity index (χ1) is 9.74. The number of nitrogens with one attached hydrogen (secondary N) is 1. The Bertz CT molecular complexity index is 468. The molecule has 0 aromatic heterocycles. The Kier molecular flexibility index (Phi) is 5.35. The largest absolute Gasteiger partial charge is 0.494 e. The number of benzene rings is 1. The van der Waals surface area contributed by atoms with Crippen molar-refractivity contribution in [3.05, 3.63) is 29.6 Å². The van der Waals surface area contributed by atoms with Gasteiger partial charge in [-0.15, -0.1) is 0 Å². The van der Waals surface area contributed by atoms with Crippen molar-refractivity contribution < 1.29 is 9.13 Å². The van der Waals surface area contributed by atoms with Crippen LogP contribution in [-0.2, 0) is 0 Å². The van der Waals surface area contributed by atoms with Gasteiger partial charge in [-0.25, -0.2) is 10.2 Å². The fourth-order valence-corrected chi connectivity index (χ4v) is 2.58. The predicted octanol–water partition coefficient (Wildman–Crippen LogP) is 2.77. The molecular formula is C15H22FN3O. The lowest BCUT2D eigenvalue weighted by atomic mass is 10.1. The van der Waals surface area contributed by atoms with E-state index in [1.54, 1.807) is 12.1 Å². The Morgan fingerprint density at radius 1 is 1.30 bits per heavy atom. The summed E-state index contributed by atoms with van der Waals surface area (Å²) in [6.45, 7) is 0. The molecule has 0 atom stereocenters. The van der Waals surface area contributed by atoms with E-state index < -0.39 is 5.82 Å². The zero-order chi connectivity index (χ0) is 14.4. The van der Waals surface area contributed by atoms with Crippen molar-refractivity contribution in [3.63, 3.8) is 0 Å². The molecule has 0 amide bonds. The van der Waals surface area contributed by atoms with Crippen molar-refractivity contribution in [2.45, 2.75) is 44.6 Å². The minimum atomic E-state index is -0.409. The maximum atomic E-state index is 13.7. The van der Waals surface area contributed by atoms with Gasteiger partial charge in [-0.2, -0.15) is 0 Å². The molecule has 1 saturated carbocycles. The number of hydrogen-bond donors (Lipinski definition) is 2. The number of hydrazine groups is 1. The van der Waals surface area contributed by atoms with Gasteiger partial charge in [0.25, 0.3) is 0 Å². The van der Waals surface area contributed by atoms with Crippen LogP contribution < -0.4 is 16.0 Å². The highest BCUT2D eigenvalue weighted by atomic mass is 19.1. The van der Waals surface area contributed by atoms with E-state index in [9.17, 15) is 4.39 Å². The second-order valence-electron chi connectivity index (χ2n) is 5.12. The van der Waals surface area contributed by atoms with Crippen LogP contribution in [0.3, 0.4) is 0 Å². The van der Waals surface area contributed by atoms with Gasteiger partial charge in [0.15, 0.2) is 11.6 Å². The Hall–Kier alpha value is -1.62. The van der Waals surface area contributed by atoms with E-state index in [-0.39, 0.29) is 11.8 Å². The number of ether oxygens (including phenoxy) is 1. The normalized spacial score (nSPS) is 17.6. The van der Waals surface area contributed by atoms with Crippen molar-refractivity contribution in [2.24, 2.45) is 10.8 Å². The second kappa shape index (κ2) is 7.24. The van der Waals surface area contributed by atoms with Gasteiger partial charge in [-0.3, -0.25) is 4.99 Å². The summed E-state index contributed by atoms with van der Waals surface area (Å²) in [5, 5.41) is 0. The molecule has 1 fully saturated rings. The van der Waals surface area contributed by atoms with Crippen LogP contribution in [0.15, 0.2) is 23.2 Å². The number of halogens is 1. The van der Waals surface area contributed by atoms with Crippen LogP contribution in [0.4, 0.5) is 4.39 Å². The fraction of sp³-hybridized carbons (Fsp3) is 0.533. The van der Waals surface area contributed by atoms with Crippen molar-refractivity contribution in [3.8, 4) is 5.75 Å². The van der Waals surface area contributed by atoms with E-state index in [1.165, 1.54) is 38.9 Å². The number of amidine groups is 1. The minimum Gasteiger partial charge on any atom is -0.494 e. The van der Waals surface area contributed by atoms with E-state index in [0.29, 0.717) is 11.4 Å². The molecule has 0 unspecified atom stereocenters. The number of nitrogens with zero attached hydrogens (tertiary/aromatic N) is 1. The van der Waals surface area contributed by atoms with E-state index >= 15 is 0 Å². The van der Waals surface area contributed by atoms with E-state index in [4.69, 9.17) is 10.6 Å². The van der Waals surface area contributed by atoms with Crippen LogP contribution in [0.2, 0.25) is 0 Å². The third-order valence-electron chi connectivity index (χ3n) is 3.70. The Morgan fingerprint density at radius 2 is 2.00 bits per heavy atom. The molecular weight excluding hydrogens is 257 g/mol. The Labute approximate surface area is 119 Å². The number of rotatable bonds is 3. The summed E-state index contributed by atoms with van der Waals surface area (Å²) in [6.07, 6.45) is 7.09. The lowest BCUT2D eigenvalue weighted by molar-refractivity contribution is 0.386. The van der Waals surface area contributed by atoms with Crippen LogP contribution >= 0.6 is 0 Å². The average molecular weight is 279 g/mol. The van der Waals surface area contributed by atoms with Crippen molar-refractivity contribution >= 4 is 5.84 Å². The van der Waals surface area contributed by atoms with Crippen molar-refractivity contribution in [2.75, 3.05) is 7.11 Å². The summed E-state index contributed by atoms with van der Waals surface area (Å²) < 4.78 is 18.7. The first kappa shape index (κ1) is 14.8. The molecule has 0 saturated heterocycles. The van der Waals surface area contributed by atoms with Gasteiger partial charge in [0.05, 0.1) is 13.2 Å². The summed E-state index contributed by atoms with van der Waals surface area (Å²) in [5.41, 5.74) is 3.24. The van der Waals surface area contributed by atoms with E-state index in [1.807, 2.05) is 0 Å². The summed E-state index contributed by atoms with van der Waals surface area (Å²) in [6, 6.07) is 5.02. The molecule has 0 radical (unpaired) electrons. The minimum absolute atomic E-state index is 0.222. The highest BCUT2D eigenvalue weighted by molar-refractivity contribution is 5.98. The first-order valence-electron chi connectivity index (χ1n) is 7.13. The van der Waals surface area contributed by atoms with Crippen molar-refractivity contribution in [1.29, 1.82) is 0 Å². The van der Waals surface area contributed by atoms with Gasteiger partial charge in [-0.05, 0) is 31.0 Å². The zero-order valence-corrected chi connectivity index (χ0v) is 11.9. The molecule has 5 heteroatoms. The predicted molar refractivity (Wildman–Crippen MR) is 78.3 cm³/mol. The van der Waals surface area contributed by atoms with Crippen LogP contribution in [-0.4, -0.2) is 19.0 Å². The monoisotopic (exact) mass is 279 g/mol. The maximum Gasteiger partial charge on any atom is 0.165 e. The molecule has 4 nitrogen and oxygen atoms in total. The van der Waals surface area contributed by atoms with Crippen LogP contribution in [0.5, 0.6) is 5.75 Å². The number of hydrogen-bond acceptors (Lipinski definition) is 3. The molecule has 0 heterocycles. The highest BCUT2D eigenvalue weighted by Crippen LogP contribution is 2.21.